The molecule has 0 bridgehead atoms. The molecule has 3 aromatic rings. The van der Waals surface area contributed by atoms with Gasteiger partial charge in [-0.2, -0.15) is 0 Å². The van der Waals surface area contributed by atoms with Crippen molar-refractivity contribution in [1.29, 1.82) is 0 Å². The molecule has 5 aliphatic rings. The fraction of sp³-hybridized carbons (Fsp3) is 0.353. The maximum Gasteiger partial charge on any atom is 0.330 e. The molecule has 25 heteroatoms. The number of ether oxygens (including phenoxy) is 7. The van der Waals surface area contributed by atoms with Crippen LogP contribution in [0.25, 0.3) is 34.8 Å². The van der Waals surface area contributed by atoms with Gasteiger partial charge in [-0.3, -0.25) is 4.79 Å². The van der Waals surface area contributed by atoms with E-state index in [9.17, 15) is 85.9 Å². The van der Waals surface area contributed by atoms with Crippen LogP contribution in [0.15, 0.2) is 100 Å². The highest BCUT2D eigenvalue weighted by atomic mass is 16.7. The Bertz CT molecular complexity index is 2940. The zero-order valence-electron chi connectivity index (χ0n) is 39.3. The Morgan fingerprint density at radius 2 is 1.08 bits per heavy atom. The van der Waals surface area contributed by atoms with Gasteiger partial charge in [0.15, 0.2) is 34.7 Å². The van der Waals surface area contributed by atoms with E-state index in [1.807, 2.05) is 0 Å². The van der Waals surface area contributed by atoms with Crippen LogP contribution in [0.1, 0.15) is 22.8 Å². The van der Waals surface area contributed by atoms with Crippen LogP contribution in [0.2, 0.25) is 0 Å². The first-order valence-electron chi connectivity index (χ1n) is 23.2. The molecule has 0 amide bonds. The van der Waals surface area contributed by atoms with E-state index in [4.69, 9.17) is 37.6 Å². The molecule has 3 aromatic carbocycles. The van der Waals surface area contributed by atoms with E-state index < -0.39 is 158 Å². The number of hydrogen-bond donors (Lipinski definition) is 14. The SMILES string of the molecule is O=C(C=Cc1ccc(O)c(O)c1)OC[C@H]1O[C@@H](O[C@@H]2[C@@H](O)[C@H](O)[C@@H](COC(=O)C=Cc3ccc(O)c(O)c3)O[C@H]2c2cc3c(O[C@@H]4O[C@H](CO)[C@@H](O)[C@H](O)[C@H]4O)cc(=O)cc-3oc2-c2ccc(O)cc2)[C@H](O)[C@@H](O)[C@@H]1O. The summed E-state index contributed by atoms with van der Waals surface area (Å²) in [6.07, 6.45) is -24.0. The Morgan fingerprint density at radius 3 is 1.64 bits per heavy atom. The lowest BCUT2D eigenvalue weighted by Crippen LogP contribution is -2.63. The second-order valence-electron chi connectivity index (χ2n) is 17.8. The van der Waals surface area contributed by atoms with E-state index in [1.165, 1.54) is 66.7 Å². The van der Waals surface area contributed by atoms with E-state index in [1.54, 1.807) is 0 Å². The fourth-order valence-electron chi connectivity index (χ4n) is 8.47. The largest absolute Gasteiger partial charge is 0.508 e. The lowest BCUT2D eigenvalue weighted by Gasteiger charge is -2.46. The molecule has 0 radical (unpaired) electrons. The third-order valence-corrected chi connectivity index (χ3v) is 12.6. The number of carbonyl (C=O) groups is 2. The number of esters is 2. The number of rotatable bonds is 15. The second kappa shape index (κ2) is 23.4. The molecule has 4 heterocycles. The van der Waals surface area contributed by atoms with E-state index in [2.05, 4.69) is 0 Å². The van der Waals surface area contributed by atoms with Crippen LogP contribution in [-0.2, 0) is 38.0 Å². The Kier molecular flexibility index (Phi) is 16.9. The molecule has 14 N–H and O–H groups in total. The average Bonchev–Trinajstić information content (AvgIpc) is 3.41. The number of carbonyl (C=O) groups excluding carboxylic acids is 2. The molecule has 0 unspecified atom stereocenters. The minimum absolute atomic E-state index is 0.115. The summed E-state index contributed by atoms with van der Waals surface area (Å²) < 4.78 is 46.9. The van der Waals surface area contributed by atoms with Gasteiger partial charge >= 0.3 is 11.9 Å². The predicted molar refractivity (Wildman–Crippen MR) is 254 cm³/mol. The number of phenolic OH excluding ortho intramolecular Hbond substituents is 5. The Morgan fingerprint density at radius 1 is 0.553 bits per heavy atom. The van der Waals surface area contributed by atoms with Crippen molar-refractivity contribution in [3.63, 3.8) is 0 Å². The maximum atomic E-state index is 13.2. The van der Waals surface area contributed by atoms with E-state index in [-0.39, 0.29) is 45.1 Å². The average molecular weight is 1060 g/mol. The van der Waals surface area contributed by atoms with Gasteiger partial charge in [0.25, 0.3) is 0 Å². The number of phenols is 5. The molecule has 8 rings (SSSR count). The van der Waals surface area contributed by atoms with Crippen LogP contribution in [0.5, 0.6) is 34.5 Å². The van der Waals surface area contributed by atoms with Crippen LogP contribution in [0.4, 0.5) is 0 Å². The van der Waals surface area contributed by atoms with Gasteiger partial charge in [0, 0.05) is 35.4 Å². The Hall–Kier alpha value is -7.21. The summed E-state index contributed by atoms with van der Waals surface area (Å²) in [5.74, 6) is -4.80. The molecule has 25 nitrogen and oxygen atoms in total. The van der Waals surface area contributed by atoms with Gasteiger partial charge < -0.3 is 109 Å². The first-order chi connectivity index (χ1) is 36.2. The molecule has 0 spiro atoms. The zero-order chi connectivity index (χ0) is 54.7. The summed E-state index contributed by atoms with van der Waals surface area (Å²) in [6.45, 7) is -2.41. The van der Waals surface area contributed by atoms with Crippen molar-refractivity contribution in [2.75, 3.05) is 19.8 Å². The van der Waals surface area contributed by atoms with Gasteiger partial charge in [0.05, 0.1) is 12.2 Å². The summed E-state index contributed by atoms with van der Waals surface area (Å²) in [5, 5.41) is 148. The number of hydrogen-bond acceptors (Lipinski definition) is 25. The topological polar surface area (TPSA) is 412 Å². The van der Waals surface area contributed by atoms with Crippen molar-refractivity contribution in [3.8, 4) is 57.1 Å². The lowest BCUT2D eigenvalue weighted by molar-refractivity contribution is -0.342. The van der Waals surface area contributed by atoms with E-state index in [0.29, 0.717) is 0 Å². The van der Waals surface area contributed by atoms with Crippen molar-refractivity contribution >= 4 is 24.1 Å². The second-order valence-corrected chi connectivity index (χ2v) is 17.8. The Balaban J connectivity index is 1.16. The van der Waals surface area contributed by atoms with Crippen molar-refractivity contribution in [2.24, 2.45) is 0 Å². The highest BCUT2D eigenvalue weighted by Gasteiger charge is 2.52. The molecule has 406 valence electrons. The molecule has 0 saturated carbocycles. The van der Waals surface area contributed by atoms with Gasteiger partial charge in [-0.15, -0.1) is 0 Å². The first kappa shape index (κ1) is 55.0. The smallest absolute Gasteiger partial charge is 0.330 e. The minimum atomic E-state index is -2.14. The molecule has 0 aromatic heterocycles. The fourth-order valence-corrected chi connectivity index (χ4v) is 8.47. The van der Waals surface area contributed by atoms with E-state index >= 15 is 0 Å². The molecule has 4 aliphatic heterocycles. The molecule has 15 atom stereocenters. The quantitative estimate of drug-likeness (QED) is 0.0339. The van der Waals surface area contributed by atoms with Crippen LogP contribution in [0, 0.1) is 0 Å². The first-order valence-corrected chi connectivity index (χ1v) is 23.2. The number of aliphatic hydroxyl groups excluding tert-OH is 9. The summed E-state index contributed by atoms with van der Waals surface area (Å²) in [7, 11) is 0. The standard InChI is InChI=1S/C51H52O25/c52-18-34-39(61)42(64)45(67)50(74-34)73-33-16-25(54)15-32-26(33)17-27(47(71-32)23-5-7-24(53)8-6-23)48-49(44(66)41(63)35(72-48)19-69-37(59)11-3-21-1-9-28(55)30(57)13-21)76-51-46(68)43(65)40(62)36(75-51)20-70-38(60)12-4-22-2-10-29(56)31(58)14-22/h1-17,34-36,39-46,48-53,55-58,61-68H,18-20H2/t34-,35-,36-,39-,40-,41-,42+,43+,44+,45-,46-,48+,49-,50-,51+/m1/s1. The maximum absolute atomic E-state index is 13.2. The van der Waals surface area contributed by atoms with E-state index in [0.717, 1.165) is 36.4 Å². The summed E-state index contributed by atoms with van der Waals surface area (Å²) in [5.41, 5.74) is -0.291. The highest BCUT2D eigenvalue weighted by molar-refractivity contribution is 5.88. The van der Waals surface area contributed by atoms with Crippen molar-refractivity contribution in [3.05, 3.63) is 118 Å². The predicted octanol–water partition coefficient (Wildman–Crippen LogP) is -1.01. The van der Waals surface area contributed by atoms with Gasteiger partial charge in [0.1, 0.15) is 116 Å². The Labute approximate surface area is 428 Å². The molecule has 3 saturated heterocycles. The highest BCUT2D eigenvalue weighted by Crippen LogP contribution is 2.46. The minimum Gasteiger partial charge on any atom is -0.508 e. The van der Waals surface area contributed by atoms with Crippen LogP contribution < -0.4 is 10.2 Å². The van der Waals surface area contributed by atoms with Gasteiger partial charge in [-0.25, -0.2) is 9.59 Å². The molecule has 76 heavy (non-hydrogen) atoms. The number of aliphatic hydroxyl groups is 9. The third kappa shape index (κ3) is 12.1. The molecule has 1 aliphatic carbocycles. The molecular weight excluding hydrogens is 1010 g/mol. The lowest BCUT2D eigenvalue weighted by atomic mass is 9.88. The summed E-state index contributed by atoms with van der Waals surface area (Å²) in [6, 6.07) is 15.9. The van der Waals surface area contributed by atoms with Crippen molar-refractivity contribution in [2.45, 2.75) is 91.9 Å². The summed E-state index contributed by atoms with van der Waals surface area (Å²) >= 11 is 0. The summed E-state index contributed by atoms with van der Waals surface area (Å²) in [4.78, 5) is 39.0. The number of fused-ring (bicyclic) bond motifs is 1. The van der Waals surface area contributed by atoms with Crippen molar-refractivity contribution in [1.82, 2.24) is 0 Å². The van der Waals surface area contributed by atoms with Crippen LogP contribution in [0.3, 0.4) is 0 Å². The monoisotopic (exact) mass is 1060 g/mol. The number of benzene rings is 4. The third-order valence-electron chi connectivity index (χ3n) is 12.6. The number of aromatic hydroxyl groups is 5. The zero-order valence-corrected chi connectivity index (χ0v) is 39.3. The molecular formula is C51H52O25. The van der Waals surface area contributed by atoms with Gasteiger partial charge in [-0.1, -0.05) is 12.1 Å². The van der Waals surface area contributed by atoms with Crippen molar-refractivity contribution < 1.29 is 119 Å². The van der Waals surface area contributed by atoms with Crippen LogP contribution in [-0.4, -0.2) is 189 Å². The van der Waals surface area contributed by atoms with Gasteiger partial charge in [-0.05, 0) is 77.9 Å². The van der Waals surface area contributed by atoms with Gasteiger partial charge in [0.2, 0.25) is 6.29 Å². The normalized spacial score (nSPS) is 29.9. The molecule has 3 fully saturated rings. The van der Waals surface area contributed by atoms with Crippen LogP contribution >= 0.6 is 0 Å².